The second-order valence-corrected chi connectivity index (χ2v) is 8.26. The van der Waals surface area contributed by atoms with Gasteiger partial charge in [-0.05, 0) is 65.8 Å². The second kappa shape index (κ2) is 8.21. The minimum absolute atomic E-state index is 0.0194. The van der Waals surface area contributed by atoms with Crippen LogP contribution in [0.15, 0.2) is 52.4 Å². The molecule has 2 aliphatic rings. The van der Waals surface area contributed by atoms with Crippen molar-refractivity contribution in [3.63, 3.8) is 0 Å². The van der Waals surface area contributed by atoms with Gasteiger partial charge in [-0.2, -0.15) is 11.3 Å². The van der Waals surface area contributed by atoms with Gasteiger partial charge in [-0.3, -0.25) is 9.69 Å². The molecule has 1 aromatic heterocycles. The molecule has 1 saturated heterocycles. The van der Waals surface area contributed by atoms with Crippen molar-refractivity contribution >= 4 is 51.9 Å². The lowest BCUT2D eigenvalue weighted by Gasteiger charge is -2.39. The topological polar surface area (TPSA) is 44.8 Å². The standard InChI is InChI=1S/C20H20ClN3O2S2/c1-13-17(19(25)23-7-9-26-10-8-23)18(14-6-11-28-12-14)22-20(27)24(13)16-4-2-15(21)3-5-16/h2-6,11-12,18H,7-10H2,1H3,(H,22,27). The number of carbonyl (C=O) groups is 1. The number of benzene rings is 1. The van der Waals surface area contributed by atoms with Gasteiger partial charge in [0.05, 0.1) is 24.8 Å². The van der Waals surface area contributed by atoms with Crippen LogP contribution in [0.2, 0.25) is 5.02 Å². The molecule has 1 aromatic carbocycles. The maximum absolute atomic E-state index is 13.5. The summed E-state index contributed by atoms with van der Waals surface area (Å²) in [5.74, 6) is 0.0194. The number of thiocarbonyl (C=S) groups is 1. The number of allylic oxidation sites excluding steroid dienone is 1. The van der Waals surface area contributed by atoms with Crippen LogP contribution in [0.4, 0.5) is 5.69 Å². The summed E-state index contributed by atoms with van der Waals surface area (Å²) in [6, 6.07) is 9.21. The number of nitrogens with one attached hydrogen (secondary N) is 1. The van der Waals surface area contributed by atoms with Crippen molar-refractivity contribution in [2.24, 2.45) is 0 Å². The average molecular weight is 434 g/mol. The maximum Gasteiger partial charge on any atom is 0.254 e. The third-order valence-corrected chi connectivity index (χ3v) is 6.23. The Labute approximate surface area is 178 Å². The molecule has 1 unspecified atom stereocenters. The maximum atomic E-state index is 13.5. The Morgan fingerprint density at radius 3 is 2.61 bits per heavy atom. The Morgan fingerprint density at radius 2 is 1.96 bits per heavy atom. The van der Waals surface area contributed by atoms with Crippen molar-refractivity contribution in [3.05, 3.63) is 62.9 Å². The molecule has 1 atom stereocenters. The third-order valence-electron chi connectivity index (χ3n) is 4.97. The van der Waals surface area contributed by atoms with Crippen molar-refractivity contribution < 1.29 is 9.53 Å². The summed E-state index contributed by atoms with van der Waals surface area (Å²) in [5, 5.41) is 8.66. The quantitative estimate of drug-likeness (QED) is 0.742. The molecule has 5 nitrogen and oxygen atoms in total. The van der Waals surface area contributed by atoms with E-state index in [-0.39, 0.29) is 11.9 Å². The predicted molar refractivity (Wildman–Crippen MR) is 117 cm³/mol. The number of hydrogen-bond donors (Lipinski definition) is 1. The Hall–Kier alpha value is -1.93. The number of amides is 1. The molecule has 0 saturated carbocycles. The van der Waals surface area contributed by atoms with Gasteiger partial charge < -0.3 is 15.0 Å². The summed E-state index contributed by atoms with van der Waals surface area (Å²) >= 11 is 13.3. The predicted octanol–water partition coefficient (Wildman–Crippen LogP) is 3.97. The Kier molecular flexibility index (Phi) is 5.68. The number of ether oxygens (including phenoxy) is 1. The number of rotatable bonds is 3. The summed E-state index contributed by atoms with van der Waals surface area (Å²) in [4.78, 5) is 17.3. The molecule has 8 heteroatoms. The van der Waals surface area contributed by atoms with E-state index in [9.17, 15) is 4.79 Å². The van der Waals surface area contributed by atoms with Crippen LogP contribution in [0, 0.1) is 0 Å². The van der Waals surface area contributed by atoms with Crippen LogP contribution >= 0.6 is 35.2 Å². The molecule has 1 N–H and O–H groups in total. The van der Waals surface area contributed by atoms with Crippen molar-refractivity contribution in [3.8, 4) is 0 Å². The highest BCUT2D eigenvalue weighted by molar-refractivity contribution is 7.80. The molecule has 0 radical (unpaired) electrons. The van der Waals surface area contributed by atoms with Gasteiger partial charge in [0.25, 0.3) is 5.91 Å². The van der Waals surface area contributed by atoms with Crippen LogP contribution in [0.1, 0.15) is 18.5 Å². The van der Waals surface area contributed by atoms with E-state index in [1.807, 2.05) is 52.4 Å². The average Bonchev–Trinajstić information content (AvgIpc) is 3.24. The molecule has 2 aliphatic heterocycles. The minimum Gasteiger partial charge on any atom is -0.378 e. The molecular formula is C20H20ClN3O2S2. The van der Waals surface area contributed by atoms with E-state index in [0.717, 1.165) is 16.9 Å². The Morgan fingerprint density at radius 1 is 1.25 bits per heavy atom. The van der Waals surface area contributed by atoms with Crippen LogP contribution in [-0.4, -0.2) is 42.2 Å². The van der Waals surface area contributed by atoms with E-state index in [0.29, 0.717) is 42.0 Å². The monoisotopic (exact) mass is 433 g/mol. The normalized spacial score (nSPS) is 20.4. The summed E-state index contributed by atoms with van der Waals surface area (Å²) in [5.41, 5.74) is 3.46. The van der Waals surface area contributed by atoms with E-state index < -0.39 is 0 Å². The Bertz CT molecular complexity index is 906. The van der Waals surface area contributed by atoms with E-state index in [4.69, 9.17) is 28.6 Å². The molecule has 0 bridgehead atoms. The number of hydrogen-bond acceptors (Lipinski definition) is 4. The van der Waals surface area contributed by atoms with Gasteiger partial charge in [-0.25, -0.2) is 0 Å². The lowest BCUT2D eigenvalue weighted by Crippen LogP contribution is -2.51. The first kappa shape index (κ1) is 19.4. The van der Waals surface area contributed by atoms with Gasteiger partial charge in [0.15, 0.2) is 5.11 Å². The molecule has 0 aliphatic carbocycles. The van der Waals surface area contributed by atoms with Crippen LogP contribution in [0.25, 0.3) is 0 Å². The first-order chi connectivity index (χ1) is 13.6. The van der Waals surface area contributed by atoms with Crippen LogP contribution in [0.5, 0.6) is 0 Å². The molecule has 4 rings (SSSR count). The molecule has 1 fully saturated rings. The van der Waals surface area contributed by atoms with Crippen LogP contribution in [0.3, 0.4) is 0 Å². The summed E-state index contributed by atoms with van der Waals surface area (Å²) in [7, 11) is 0. The van der Waals surface area contributed by atoms with Crippen LogP contribution < -0.4 is 10.2 Å². The number of morpholine rings is 1. The van der Waals surface area contributed by atoms with E-state index in [1.54, 1.807) is 11.3 Å². The van der Waals surface area contributed by atoms with Crippen LogP contribution in [-0.2, 0) is 9.53 Å². The molecular weight excluding hydrogens is 414 g/mol. The zero-order chi connectivity index (χ0) is 19.7. The first-order valence-electron chi connectivity index (χ1n) is 9.02. The molecule has 2 aromatic rings. The van der Waals surface area contributed by atoms with Gasteiger partial charge in [0, 0.05) is 29.5 Å². The number of nitrogens with zero attached hydrogens (tertiary/aromatic N) is 2. The Balaban J connectivity index is 1.79. The lowest BCUT2D eigenvalue weighted by atomic mass is 9.95. The third kappa shape index (κ3) is 3.67. The molecule has 3 heterocycles. The highest BCUT2D eigenvalue weighted by Crippen LogP contribution is 2.35. The van der Waals surface area contributed by atoms with Crippen molar-refractivity contribution in [2.75, 3.05) is 31.2 Å². The second-order valence-electron chi connectivity index (χ2n) is 6.65. The number of thiophene rings is 1. The fourth-order valence-corrected chi connectivity index (χ4v) is 4.72. The molecule has 0 spiro atoms. The summed E-state index contributed by atoms with van der Waals surface area (Å²) in [6.07, 6.45) is 0. The molecule has 1 amide bonds. The van der Waals surface area contributed by atoms with E-state index in [2.05, 4.69) is 10.7 Å². The molecule has 28 heavy (non-hydrogen) atoms. The fourth-order valence-electron chi connectivity index (χ4n) is 3.55. The van der Waals surface area contributed by atoms with E-state index in [1.165, 1.54) is 0 Å². The SMILES string of the molecule is CC1=C(C(=O)N2CCOCC2)C(c2ccsc2)NC(=S)N1c1ccc(Cl)cc1. The number of halogens is 1. The highest BCUT2D eigenvalue weighted by atomic mass is 35.5. The number of anilines is 1. The fraction of sp³-hybridized carbons (Fsp3) is 0.300. The minimum atomic E-state index is -0.266. The van der Waals surface area contributed by atoms with Gasteiger partial charge in [-0.1, -0.05) is 11.6 Å². The lowest BCUT2D eigenvalue weighted by molar-refractivity contribution is -0.131. The number of carbonyl (C=O) groups excluding carboxylic acids is 1. The first-order valence-corrected chi connectivity index (χ1v) is 10.7. The van der Waals surface area contributed by atoms with Gasteiger partial charge >= 0.3 is 0 Å². The van der Waals surface area contributed by atoms with Gasteiger partial charge in [0.1, 0.15) is 0 Å². The smallest absolute Gasteiger partial charge is 0.254 e. The van der Waals surface area contributed by atoms with Gasteiger partial charge in [0.2, 0.25) is 0 Å². The van der Waals surface area contributed by atoms with Crippen molar-refractivity contribution in [1.82, 2.24) is 10.2 Å². The largest absolute Gasteiger partial charge is 0.378 e. The summed E-state index contributed by atoms with van der Waals surface area (Å²) < 4.78 is 5.41. The van der Waals surface area contributed by atoms with Crippen molar-refractivity contribution in [1.29, 1.82) is 0 Å². The zero-order valence-electron chi connectivity index (χ0n) is 15.4. The van der Waals surface area contributed by atoms with Crippen molar-refractivity contribution in [2.45, 2.75) is 13.0 Å². The zero-order valence-corrected chi connectivity index (χ0v) is 17.7. The van der Waals surface area contributed by atoms with E-state index >= 15 is 0 Å². The molecule has 146 valence electrons. The van der Waals surface area contributed by atoms with Gasteiger partial charge in [-0.15, -0.1) is 0 Å². The summed E-state index contributed by atoms with van der Waals surface area (Å²) in [6.45, 7) is 4.27. The highest BCUT2D eigenvalue weighted by Gasteiger charge is 2.36.